The Bertz CT molecular complexity index is 615. The Hall–Kier alpha value is -1.62. The zero-order valence-corrected chi connectivity index (χ0v) is 9.89. The van der Waals surface area contributed by atoms with Gasteiger partial charge in [-0.2, -0.15) is 0 Å². The minimum absolute atomic E-state index is 0.643. The van der Waals surface area contributed by atoms with Crippen LogP contribution in [0.3, 0.4) is 0 Å². The minimum atomic E-state index is 0.643. The van der Waals surface area contributed by atoms with Gasteiger partial charge in [0.15, 0.2) is 5.65 Å². The Morgan fingerprint density at radius 3 is 3.00 bits per heavy atom. The summed E-state index contributed by atoms with van der Waals surface area (Å²) in [5, 5.41) is 8.23. The van der Waals surface area contributed by atoms with Crippen molar-refractivity contribution in [3.63, 3.8) is 0 Å². The molecule has 0 atom stereocenters. The molecule has 0 aliphatic heterocycles. The monoisotopic (exact) mass is 277 g/mol. The molecule has 0 aliphatic carbocycles. The minimum Gasteiger partial charge on any atom is -0.469 e. The number of fused-ring (bicyclic) bond motifs is 1. The summed E-state index contributed by atoms with van der Waals surface area (Å²) in [7, 11) is 0. The zero-order valence-electron chi connectivity index (χ0n) is 8.30. The predicted octanol–water partition coefficient (Wildman–Crippen LogP) is 2.68. The summed E-state index contributed by atoms with van der Waals surface area (Å²) >= 11 is 3.43. The highest BCUT2D eigenvalue weighted by Gasteiger charge is 2.07. The fourth-order valence-electron chi connectivity index (χ4n) is 1.60. The fourth-order valence-corrected chi connectivity index (χ4v) is 1.94. The summed E-state index contributed by atoms with van der Waals surface area (Å²) in [4.78, 5) is 0. The first kappa shape index (κ1) is 9.59. The largest absolute Gasteiger partial charge is 0.469 e. The molecule has 4 nitrogen and oxygen atoms in total. The third kappa shape index (κ3) is 1.63. The molecule has 0 aliphatic rings. The van der Waals surface area contributed by atoms with E-state index in [-0.39, 0.29) is 0 Å². The normalized spacial score (nSPS) is 11.1. The van der Waals surface area contributed by atoms with Gasteiger partial charge in [-0.15, -0.1) is 10.2 Å². The zero-order chi connectivity index (χ0) is 11.0. The number of furan rings is 1. The van der Waals surface area contributed by atoms with E-state index in [9.17, 15) is 0 Å². The molecule has 0 fully saturated rings. The van der Waals surface area contributed by atoms with Gasteiger partial charge < -0.3 is 4.42 Å². The van der Waals surface area contributed by atoms with Crippen molar-refractivity contribution >= 4 is 21.6 Å². The van der Waals surface area contributed by atoms with E-state index in [2.05, 4.69) is 26.1 Å². The fraction of sp³-hybridized carbons (Fsp3) is 0.0909. The number of pyridine rings is 1. The van der Waals surface area contributed by atoms with Crippen LogP contribution in [0.1, 0.15) is 11.6 Å². The van der Waals surface area contributed by atoms with Crippen molar-refractivity contribution in [2.75, 3.05) is 0 Å². The predicted molar refractivity (Wildman–Crippen MR) is 62.2 cm³/mol. The smallest absolute Gasteiger partial charge is 0.160 e. The standard InChI is InChI=1S/C11H8BrN3O/c12-8-3-4-10-13-14-11(15(10)7-8)6-9-2-1-5-16-9/h1-5,7H,6H2. The lowest BCUT2D eigenvalue weighted by Gasteiger charge is -1.98. The maximum atomic E-state index is 5.29. The molecule has 16 heavy (non-hydrogen) atoms. The Labute approximate surface area is 100 Å². The topological polar surface area (TPSA) is 43.3 Å². The van der Waals surface area contributed by atoms with Crippen LogP contribution in [0.4, 0.5) is 0 Å². The lowest BCUT2D eigenvalue weighted by Crippen LogP contribution is -1.95. The molecule has 0 spiro atoms. The average Bonchev–Trinajstić information content (AvgIpc) is 2.90. The molecular formula is C11H8BrN3O. The summed E-state index contributed by atoms with van der Waals surface area (Å²) in [6.07, 6.45) is 4.26. The van der Waals surface area contributed by atoms with Gasteiger partial charge in [0.1, 0.15) is 11.6 Å². The van der Waals surface area contributed by atoms with Crippen LogP contribution in [0.15, 0.2) is 45.6 Å². The van der Waals surface area contributed by atoms with Crippen molar-refractivity contribution in [1.82, 2.24) is 14.6 Å². The number of halogens is 1. The lowest BCUT2D eigenvalue weighted by molar-refractivity contribution is 0.516. The van der Waals surface area contributed by atoms with Crippen LogP contribution in [0, 0.1) is 0 Å². The summed E-state index contributed by atoms with van der Waals surface area (Å²) in [5.41, 5.74) is 0.838. The molecule has 5 heteroatoms. The van der Waals surface area contributed by atoms with E-state index in [4.69, 9.17) is 4.42 Å². The average molecular weight is 278 g/mol. The summed E-state index contributed by atoms with van der Waals surface area (Å²) in [6.45, 7) is 0. The Balaban J connectivity index is 2.07. The molecule has 3 aromatic rings. The maximum Gasteiger partial charge on any atom is 0.160 e. The van der Waals surface area contributed by atoms with Gasteiger partial charge in [0.05, 0.1) is 12.7 Å². The third-order valence-corrected chi connectivity index (χ3v) is 2.82. The molecule has 0 radical (unpaired) electrons. The Morgan fingerprint density at radius 2 is 2.19 bits per heavy atom. The first-order valence-electron chi connectivity index (χ1n) is 4.84. The van der Waals surface area contributed by atoms with Crippen molar-refractivity contribution < 1.29 is 4.42 Å². The number of hydrogen-bond donors (Lipinski definition) is 0. The van der Waals surface area contributed by atoms with Crippen molar-refractivity contribution in [3.8, 4) is 0 Å². The highest BCUT2D eigenvalue weighted by atomic mass is 79.9. The quantitative estimate of drug-likeness (QED) is 0.723. The highest BCUT2D eigenvalue weighted by molar-refractivity contribution is 9.10. The Morgan fingerprint density at radius 1 is 1.25 bits per heavy atom. The van der Waals surface area contributed by atoms with Gasteiger partial charge in [-0.05, 0) is 40.2 Å². The van der Waals surface area contributed by atoms with Crippen molar-refractivity contribution in [1.29, 1.82) is 0 Å². The van der Waals surface area contributed by atoms with E-state index < -0.39 is 0 Å². The summed E-state index contributed by atoms with van der Waals surface area (Å²) in [5.74, 6) is 1.75. The second kappa shape index (κ2) is 3.75. The number of aromatic nitrogens is 3. The van der Waals surface area contributed by atoms with Gasteiger partial charge in [-0.25, -0.2) is 0 Å². The van der Waals surface area contributed by atoms with Crippen LogP contribution < -0.4 is 0 Å². The molecule has 0 amide bonds. The number of nitrogens with zero attached hydrogens (tertiary/aromatic N) is 3. The molecule has 3 aromatic heterocycles. The van der Waals surface area contributed by atoms with Crippen LogP contribution in [0.25, 0.3) is 5.65 Å². The molecule has 3 rings (SSSR count). The SMILES string of the molecule is Brc1ccc2nnc(Cc3ccco3)n2c1. The first-order valence-corrected chi connectivity index (χ1v) is 5.64. The van der Waals surface area contributed by atoms with E-state index >= 15 is 0 Å². The molecule has 0 bridgehead atoms. The van der Waals surface area contributed by atoms with Crippen molar-refractivity contribution in [2.45, 2.75) is 6.42 Å². The van der Waals surface area contributed by atoms with Gasteiger partial charge in [0.2, 0.25) is 0 Å². The van der Waals surface area contributed by atoms with Gasteiger partial charge in [-0.1, -0.05) is 0 Å². The van der Waals surface area contributed by atoms with Crippen LogP contribution in [0.2, 0.25) is 0 Å². The van der Waals surface area contributed by atoms with Crippen LogP contribution >= 0.6 is 15.9 Å². The maximum absolute atomic E-state index is 5.29. The van der Waals surface area contributed by atoms with Crippen molar-refractivity contribution in [2.24, 2.45) is 0 Å². The van der Waals surface area contributed by atoms with Gasteiger partial charge in [-0.3, -0.25) is 4.40 Å². The van der Waals surface area contributed by atoms with E-state index in [1.54, 1.807) is 6.26 Å². The van der Waals surface area contributed by atoms with Crippen LogP contribution in [-0.4, -0.2) is 14.6 Å². The summed E-state index contributed by atoms with van der Waals surface area (Å²) < 4.78 is 8.24. The number of hydrogen-bond acceptors (Lipinski definition) is 3. The van der Waals surface area contributed by atoms with Crippen molar-refractivity contribution in [3.05, 3.63) is 52.8 Å². The molecule has 3 heterocycles. The second-order valence-electron chi connectivity index (χ2n) is 3.45. The van der Waals surface area contributed by atoms with E-state index in [0.717, 1.165) is 21.7 Å². The molecule has 0 unspecified atom stereocenters. The molecule has 0 saturated heterocycles. The number of rotatable bonds is 2. The third-order valence-electron chi connectivity index (χ3n) is 2.35. The molecule has 0 saturated carbocycles. The Kier molecular flexibility index (Phi) is 2.25. The van der Waals surface area contributed by atoms with Gasteiger partial charge in [0, 0.05) is 10.7 Å². The molecule has 0 aromatic carbocycles. The molecular weight excluding hydrogens is 270 g/mol. The van der Waals surface area contributed by atoms with Gasteiger partial charge in [0.25, 0.3) is 0 Å². The molecule has 80 valence electrons. The van der Waals surface area contributed by atoms with Gasteiger partial charge >= 0.3 is 0 Å². The first-order chi connectivity index (χ1) is 7.83. The van der Waals surface area contributed by atoms with E-state index in [0.29, 0.717) is 6.42 Å². The van der Waals surface area contributed by atoms with Crippen LogP contribution in [-0.2, 0) is 6.42 Å². The van der Waals surface area contributed by atoms with E-state index in [1.807, 2.05) is 34.9 Å². The highest BCUT2D eigenvalue weighted by Crippen LogP contribution is 2.14. The molecule has 0 N–H and O–H groups in total. The second-order valence-corrected chi connectivity index (χ2v) is 4.36. The summed E-state index contributed by atoms with van der Waals surface area (Å²) in [6, 6.07) is 7.66. The van der Waals surface area contributed by atoms with Crippen LogP contribution in [0.5, 0.6) is 0 Å². The van der Waals surface area contributed by atoms with E-state index in [1.165, 1.54) is 0 Å². The lowest BCUT2D eigenvalue weighted by atomic mass is 10.3.